The van der Waals surface area contributed by atoms with Gasteiger partial charge in [-0.2, -0.15) is 0 Å². The molecule has 9 heteroatoms. The van der Waals surface area contributed by atoms with Gasteiger partial charge in [0.15, 0.2) is 11.9 Å². The molecule has 39 heavy (non-hydrogen) atoms. The number of fused-ring (bicyclic) bond motifs is 2. The highest BCUT2D eigenvalue weighted by Gasteiger charge is 2.95. The Morgan fingerprint density at radius 3 is 2.59 bits per heavy atom. The first kappa shape index (κ1) is 23.2. The van der Waals surface area contributed by atoms with Gasteiger partial charge in [0.2, 0.25) is 0 Å². The summed E-state index contributed by atoms with van der Waals surface area (Å²) in [5.74, 6) is -1.83. The number of allylic oxidation sites excluding steroid dienone is 1. The van der Waals surface area contributed by atoms with E-state index in [4.69, 9.17) is 23.4 Å². The molecule has 7 fully saturated rings. The zero-order chi connectivity index (χ0) is 27.0. The summed E-state index contributed by atoms with van der Waals surface area (Å²) in [5.41, 5.74) is -5.30. The number of ether oxygens (including phenoxy) is 4. The van der Waals surface area contributed by atoms with Crippen LogP contribution in [-0.4, -0.2) is 58.9 Å². The van der Waals surface area contributed by atoms with Crippen LogP contribution < -0.4 is 0 Å². The number of Topliss-reactive ketones (excluding diaryl/α,β-unsaturated/α-hetero) is 1. The van der Waals surface area contributed by atoms with Crippen molar-refractivity contribution in [1.29, 1.82) is 0 Å². The van der Waals surface area contributed by atoms with Gasteiger partial charge in [-0.1, -0.05) is 19.1 Å². The fraction of sp³-hybridized carbons (Fsp3) is 0.700. The van der Waals surface area contributed by atoms with Crippen molar-refractivity contribution in [2.75, 3.05) is 6.61 Å². The molecule has 9 aliphatic rings. The van der Waals surface area contributed by atoms with E-state index >= 15 is 0 Å². The van der Waals surface area contributed by atoms with Crippen molar-refractivity contribution in [2.45, 2.75) is 82.1 Å². The first-order valence-electron chi connectivity index (χ1n) is 14.2. The van der Waals surface area contributed by atoms with Gasteiger partial charge in [0.1, 0.15) is 24.4 Å². The number of hydrogen-bond donors (Lipinski definition) is 1. The van der Waals surface area contributed by atoms with Crippen molar-refractivity contribution in [3.63, 3.8) is 0 Å². The molecule has 206 valence electrons. The lowest BCUT2D eigenvalue weighted by Crippen LogP contribution is -2.80. The van der Waals surface area contributed by atoms with Gasteiger partial charge in [0.25, 0.3) is 0 Å². The number of cyclic esters (lactones) is 2. The Hall–Kier alpha value is -2.49. The summed E-state index contributed by atoms with van der Waals surface area (Å²) in [6.45, 7) is 5.95. The topological polar surface area (TPSA) is 125 Å². The zero-order valence-electron chi connectivity index (χ0n) is 22.2. The van der Waals surface area contributed by atoms with E-state index in [-0.39, 0.29) is 30.2 Å². The van der Waals surface area contributed by atoms with E-state index in [0.29, 0.717) is 25.7 Å². The molecule has 4 aliphatic heterocycles. The van der Waals surface area contributed by atoms with Crippen LogP contribution in [-0.2, 0) is 33.3 Å². The average Bonchev–Trinajstić information content (AvgIpc) is 3.48. The van der Waals surface area contributed by atoms with Gasteiger partial charge in [0.05, 0.1) is 41.0 Å². The van der Waals surface area contributed by atoms with Crippen LogP contribution in [0.1, 0.15) is 58.1 Å². The van der Waals surface area contributed by atoms with Crippen molar-refractivity contribution in [2.24, 2.45) is 39.4 Å². The van der Waals surface area contributed by atoms with Gasteiger partial charge in [-0.05, 0) is 57.4 Å². The predicted molar refractivity (Wildman–Crippen MR) is 130 cm³/mol. The number of esters is 2. The molecule has 1 N–H and O–H groups in total. The van der Waals surface area contributed by atoms with Crippen LogP contribution in [0.25, 0.3) is 0 Å². The van der Waals surface area contributed by atoms with E-state index < -0.39 is 69.2 Å². The van der Waals surface area contributed by atoms with Crippen molar-refractivity contribution in [1.82, 2.24) is 0 Å². The van der Waals surface area contributed by atoms with Crippen molar-refractivity contribution in [3.8, 4) is 0 Å². The van der Waals surface area contributed by atoms with E-state index in [1.807, 2.05) is 26.0 Å². The minimum Gasteiger partial charge on any atom is -0.472 e. The lowest BCUT2D eigenvalue weighted by Gasteiger charge is -2.70. The largest absolute Gasteiger partial charge is 0.472 e. The molecule has 4 spiro atoms. The third kappa shape index (κ3) is 1.96. The van der Waals surface area contributed by atoms with Crippen LogP contribution in [0.2, 0.25) is 0 Å². The quantitative estimate of drug-likeness (QED) is 0.328. The van der Waals surface area contributed by atoms with Gasteiger partial charge in [0, 0.05) is 16.4 Å². The molecule has 4 saturated heterocycles. The first-order valence-corrected chi connectivity index (χ1v) is 14.2. The lowest BCUT2D eigenvalue weighted by atomic mass is 9.31. The summed E-state index contributed by atoms with van der Waals surface area (Å²) in [6.07, 6.45) is 5.98. The molecule has 12 atom stereocenters. The summed E-state index contributed by atoms with van der Waals surface area (Å²) in [5, 5.41) is 12.4. The molecule has 5 aliphatic carbocycles. The fourth-order valence-electron chi connectivity index (χ4n) is 11.9. The number of carbonyl (C=O) groups excluding carboxylic acids is 3. The smallest absolute Gasteiger partial charge is 0.339 e. The number of ketones is 1. The van der Waals surface area contributed by atoms with E-state index in [0.717, 1.165) is 5.56 Å². The van der Waals surface area contributed by atoms with Crippen molar-refractivity contribution >= 4 is 17.7 Å². The highest BCUT2D eigenvalue weighted by Crippen LogP contribution is 2.86. The number of aliphatic hydroxyl groups excluding tert-OH is 1. The van der Waals surface area contributed by atoms with Crippen LogP contribution in [0, 0.1) is 39.4 Å². The molecule has 1 aromatic heterocycles. The number of aliphatic hydroxyl groups is 1. The van der Waals surface area contributed by atoms with Gasteiger partial charge in [-0.15, -0.1) is 0 Å². The molecule has 0 amide bonds. The normalized spacial score (nSPS) is 56.9. The van der Waals surface area contributed by atoms with Crippen LogP contribution in [0.5, 0.6) is 0 Å². The maximum absolute atomic E-state index is 14.9. The van der Waals surface area contributed by atoms with Crippen LogP contribution >= 0.6 is 0 Å². The third-order valence-corrected chi connectivity index (χ3v) is 12.8. The van der Waals surface area contributed by atoms with Gasteiger partial charge < -0.3 is 28.5 Å². The Morgan fingerprint density at radius 1 is 1.00 bits per heavy atom. The number of hydrogen-bond acceptors (Lipinski definition) is 9. The molecule has 1 aromatic rings. The molecule has 5 heterocycles. The molecular formula is C30H32O9. The fourth-order valence-corrected chi connectivity index (χ4v) is 11.9. The molecule has 10 rings (SSSR count). The number of furan rings is 1. The number of rotatable bonds is 1. The monoisotopic (exact) mass is 536 g/mol. The molecule has 9 nitrogen and oxygen atoms in total. The van der Waals surface area contributed by atoms with Crippen molar-refractivity contribution in [3.05, 3.63) is 36.3 Å². The Balaban J connectivity index is 1.38. The highest BCUT2D eigenvalue weighted by molar-refractivity contribution is 5.97. The summed E-state index contributed by atoms with van der Waals surface area (Å²) < 4.78 is 30.9. The van der Waals surface area contributed by atoms with Crippen LogP contribution in [0.4, 0.5) is 0 Å². The summed E-state index contributed by atoms with van der Waals surface area (Å²) >= 11 is 0. The molecule has 0 aromatic carbocycles. The van der Waals surface area contributed by atoms with Gasteiger partial charge >= 0.3 is 11.9 Å². The SMILES string of the molecule is CC1(C)O[C@H]2[C@@H]3CC[C@H]4C[C@@]5(C)[C@H](c6ccoc6)OC(=O)[C@H]6O[C@]65[C@]56CC=C[C@]1(C(=O)[C@H]5O)[C@@]2(COC3=O)[C@@H]46. The summed E-state index contributed by atoms with van der Waals surface area (Å²) in [7, 11) is 0. The van der Waals surface area contributed by atoms with E-state index in [1.165, 1.54) is 0 Å². The number of carbonyl (C=O) groups is 3. The molecule has 0 unspecified atom stereocenters. The maximum atomic E-state index is 14.9. The minimum atomic E-state index is -1.39. The molecule has 3 saturated carbocycles. The first-order chi connectivity index (χ1) is 18.5. The van der Waals surface area contributed by atoms with Crippen LogP contribution in [0.3, 0.4) is 0 Å². The molecule has 4 bridgehead atoms. The minimum absolute atomic E-state index is 0.0122. The summed E-state index contributed by atoms with van der Waals surface area (Å²) in [6, 6.07) is 1.80. The Labute approximate surface area is 225 Å². The van der Waals surface area contributed by atoms with Gasteiger partial charge in [-0.25, -0.2) is 4.79 Å². The predicted octanol–water partition coefficient (Wildman–Crippen LogP) is 2.66. The third-order valence-electron chi connectivity index (χ3n) is 12.8. The lowest BCUT2D eigenvalue weighted by molar-refractivity contribution is -0.276. The van der Waals surface area contributed by atoms with E-state index in [1.54, 1.807) is 18.6 Å². The zero-order valence-corrected chi connectivity index (χ0v) is 22.2. The second kappa shape index (κ2) is 6.37. The second-order valence-electron chi connectivity index (χ2n) is 14.1. The Bertz CT molecular complexity index is 1400. The Kier molecular flexibility index (Phi) is 3.79. The van der Waals surface area contributed by atoms with Crippen LogP contribution in [0.15, 0.2) is 35.2 Å². The highest BCUT2D eigenvalue weighted by atomic mass is 16.7. The Morgan fingerprint density at radius 2 is 1.82 bits per heavy atom. The molecule has 0 radical (unpaired) electrons. The van der Waals surface area contributed by atoms with Crippen molar-refractivity contribution < 1.29 is 42.9 Å². The molecular weight excluding hydrogens is 504 g/mol. The average molecular weight is 537 g/mol. The van der Waals surface area contributed by atoms with Gasteiger partial charge in [-0.3, -0.25) is 9.59 Å². The standard InChI is InChI=1S/C30H32O9/c1-25(2)29-9-4-8-27(18(31)19(29)32)17-14(5-6-16-21(38-25)28(17,29)13-36-23(16)33)11-26(3)20(15-7-10-35-12-15)37-24(34)22-30(26,27)39-22/h4,7,9-10,12,14,16-18,20-22,31H,5-6,8,11,13H2,1-3H3/t14-,16-,17-,18+,20-,21-,22+,26-,27-,28-,29+,30+/m0/s1. The second-order valence-corrected chi connectivity index (χ2v) is 14.1. The van der Waals surface area contributed by atoms with E-state index in [2.05, 4.69) is 6.92 Å². The van der Waals surface area contributed by atoms with E-state index in [9.17, 15) is 19.5 Å². The summed E-state index contributed by atoms with van der Waals surface area (Å²) in [4.78, 5) is 41.6. The number of epoxide rings is 1. The maximum Gasteiger partial charge on any atom is 0.339 e.